The van der Waals surface area contributed by atoms with E-state index in [1.165, 1.54) is 11.8 Å². The van der Waals surface area contributed by atoms with Gasteiger partial charge in [-0.2, -0.15) is 0 Å². The predicted molar refractivity (Wildman–Crippen MR) is 110 cm³/mol. The van der Waals surface area contributed by atoms with E-state index in [9.17, 15) is 4.79 Å². The van der Waals surface area contributed by atoms with E-state index in [1.807, 2.05) is 52.8 Å². The number of carbonyl (C=O) groups excluding carboxylic acids is 1. The summed E-state index contributed by atoms with van der Waals surface area (Å²) < 4.78 is 2.02. The normalized spacial score (nSPS) is 16.3. The molecule has 1 unspecified atom stereocenters. The summed E-state index contributed by atoms with van der Waals surface area (Å²) in [7, 11) is 0. The van der Waals surface area contributed by atoms with Gasteiger partial charge in [0, 0.05) is 38.3 Å². The zero-order valence-electron chi connectivity index (χ0n) is 16.0. The fourth-order valence-corrected chi connectivity index (χ4v) is 4.16. The van der Waals surface area contributed by atoms with Crippen molar-refractivity contribution in [1.82, 2.24) is 24.6 Å². The number of piperazine rings is 1. The topological polar surface area (TPSA) is 54.3 Å². The molecule has 1 aromatic heterocycles. The monoisotopic (exact) mass is 385 g/mol. The maximum atomic E-state index is 12.9. The van der Waals surface area contributed by atoms with Gasteiger partial charge in [0.1, 0.15) is 0 Å². The van der Waals surface area contributed by atoms with Gasteiger partial charge in [-0.1, -0.05) is 55.1 Å². The van der Waals surface area contributed by atoms with Gasteiger partial charge in [-0.3, -0.25) is 9.36 Å². The molecule has 3 rings (SSSR count). The Hall–Kier alpha value is -2.12. The minimum atomic E-state index is -0.199. The Balaban J connectivity index is 1.72. The van der Waals surface area contributed by atoms with Crippen LogP contribution in [0.5, 0.6) is 0 Å². The molecular formula is C20H27N5OS. The fraction of sp³-hybridized carbons (Fsp3) is 0.450. The van der Waals surface area contributed by atoms with Crippen molar-refractivity contribution in [2.45, 2.75) is 30.8 Å². The highest BCUT2D eigenvalue weighted by atomic mass is 32.2. The Kier molecular flexibility index (Phi) is 6.68. The molecule has 0 spiro atoms. The predicted octanol–water partition coefficient (Wildman–Crippen LogP) is 2.78. The average molecular weight is 386 g/mol. The summed E-state index contributed by atoms with van der Waals surface area (Å²) in [5.74, 6) is 0.972. The molecule has 1 aromatic carbocycles. The van der Waals surface area contributed by atoms with Gasteiger partial charge in [-0.25, -0.2) is 0 Å². The molecule has 0 radical (unpaired) electrons. The molecule has 1 atom stereocenters. The number of hydrogen-bond donors (Lipinski definition) is 0. The summed E-state index contributed by atoms with van der Waals surface area (Å²) in [4.78, 5) is 17.2. The van der Waals surface area contributed by atoms with Crippen LogP contribution in [0.4, 0.5) is 0 Å². The molecule has 0 saturated carbocycles. The van der Waals surface area contributed by atoms with E-state index in [2.05, 4.69) is 28.6 Å². The second-order valence-electron chi connectivity index (χ2n) is 6.59. The second kappa shape index (κ2) is 9.19. The van der Waals surface area contributed by atoms with Crippen LogP contribution in [0.1, 0.15) is 13.8 Å². The van der Waals surface area contributed by atoms with Gasteiger partial charge in [-0.15, -0.1) is 16.8 Å². The van der Waals surface area contributed by atoms with Gasteiger partial charge >= 0.3 is 0 Å². The van der Waals surface area contributed by atoms with Gasteiger partial charge in [0.05, 0.1) is 5.25 Å². The Morgan fingerprint density at radius 3 is 2.56 bits per heavy atom. The first-order valence-corrected chi connectivity index (χ1v) is 10.3. The van der Waals surface area contributed by atoms with E-state index in [0.29, 0.717) is 6.54 Å². The number of amides is 1. The molecule has 1 saturated heterocycles. The Morgan fingerprint density at radius 2 is 1.93 bits per heavy atom. The van der Waals surface area contributed by atoms with Crippen LogP contribution in [-0.2, 0) is 11.3 Å². The lowest BCUT2D eigenvalue weighted by atomic mass is 10.2. The minimum Gasteiger partial charge on any atom is -0.339 e. The Morgan fingerprint density at radius 1 is 1.22 bits per heavy atom. The van der Waals surface area contributed by atoms with Crippen molar-refractivity contribution in [3.8, 4) is 11.4 Å². The average Bonchev–Trinajstić information content (AvgIpc) is 3.10. The number of hydrogen-bond acceptors (Lipinski definition) is 5. The summed E-state index contributed by atoms with van der Waals surface area (Å²) in [5, 5.41) is 9.27. The van der Waals surface area contributed by atoms with Crippen molar-refractivity contribution >= 4 is 17.7 Å². The molecule has 6 nitrogen and oxygen atoms in total. The summed E-state index contributed by atoms with van der Waals surface area (Å²) in [6.45, 7) is 13.1. The number of thioether (sulfide) groups is 1. The van der Waals surface area contributed by atoms with Gasteiger partial charge < -0.3 is 9.80 Å². The van der Waals surface area contributed by atoms with Crippen LogP contribution < -0.4 is 0 Å². The first kappa shape index (κ1) is 19.6. The van der Waals surface area contributed by atoms with Crippen LogP contribution in [0.15, 0.2) is 48.1 Å². The molecule has 144 valence electrons. The maximum absolute atomic E-state index is 12.9. The molecular weight excluding hydrogens is 358 g/mol. The first-order valence-electron chi connectivity index (χ1n) is 9.41. The van der Waals surface area contributed by atoms with E-state index < -0.39 is 0 Å². The van der Waals surface area contributed by atoms with Gasteiger partial charge in [0.2, 0.25) is 5.91 Å². The lowest BCUT2D eigenvalue weighted by Gasteiger charge is -2.35. The fourth-order valence-electron chi connectivity index (χ4n) is 3.22. The summed E-state index contributed by atoms with van der Waals surface area (Å²) in [6, 6.07) is 9.97. The van der Waals surface area contributed by atoms with Gasteiger partial charge in [-0.05, 0) is 13.5 Å². The Bertz CT molecular complexity index is 768. The van der Waals surface area contributed by atoms with Crippen molar-refractivity contribution in [1.29, 1.82) is 0 Å². The Labute approximate surface area is 165 Å². The van der Waals surface area contributed by atoms with Crippen molar-refractivity contribution < 1.29 is 4.79 Å². The third kappa shape index (κ3) is 4.59. The molecule has 1 aliphatic heterocycles. The standard InChI is InChI=1S/C20H27N5OS/c1-4-11-25-18(17-9-7-6-8-10-17)21-22-20(25)27-16(3)19(26)24-14-12-23(5-2)13-15-24/h4,6-10,16H,1,5,11-15H2,2-3H3. The molecule has 7 heteroatoms. The number of carbonyl (C=O) groups is 1. The smallest absolute Gasteiger partial charge is 0.235 e. The highest BCUT2D eigenvalue weighted by Crippen LogP contribution is 2.27. The van der Waals surface area contributed by atoms with Gasteiger partial charge in [0.25, 0.3) is 0 Å². The summed E-state index contributed by atoms with van der Waals surface area (Å²) in [6.07, 6.45) is 1.83. The summed E-state index contributed by atoms with van der Waals surface area (Å²) in [5.41, 5.74) is 1.01. The molecule has 1 fully saturated rings. The van der Waals surface area contributed by atoms with Crippen LogP contribution in [0.3, 0.4) is 0 Å². The van der Waals surface area contributed by atoms with E-state index in [1.54, 1.807) is 0 Å². The maximum Gasteiger partial charge on any atom is 0.235 e. The highest BCUT2D eigenvalue weighted by Gasteiger charge is 2.27. The van der Waals surface area contributed by atoms with Crippen LogP contribution in [0.25, 0.3) is 11.4 Å². The molecule has 2 heterocycles. The molecule has 0 N–H and O–H groups in total. The molecule has 27 heavy (non-hydrogen) atoms. The number of rotatable bonds is 7. The molecule has 1 aliphatic rings. The third-order valence-corrected chi connectivity index (χ3v) is 5.89. The number of aromatic nitrogens is 3. The van der Waals surface area contributed by atoms with Crippen molar-refractivity contribution in [3.05, 3.63) is 43.0 Å². The lowest BCUT2D eigenvalue weighted by Crippen LogP contribution is -2.50. The molecule has 1 amide bonds. The molecule has 0 aliphatic carbocycles. The number of likely N-dealkylation sites (N-methyl/N-ethyl adjacent to an activating group) is 1. The van der Waals surface area contributed by atoms with Crippen LogP contribution in [0.2, 0.25) is 0 Å². The quantitative estimate of drug-likeness (QED) is 0.542. The third-order valence-electron chi connectivity index (χ3n) is 4.82. The largest absolute Gasteiger partial charge is 0.339 e. The zero-order chi connectivity index (χ0) is 19.2. The first-order chi connectivity index (χ1) is 13.1. The highest BCUT2D eigenvalue weighted by molar-refractivity contribution is 8.00. The molecule has 2 aromatic rings. The van der Waals surface area contributed by atoms with Crippen LogP contribution in [0, 0.1) is 0 Å². The SMILES string of the molecule is C=CCn1c(SC(C)C(=O)N2CCN(CC)CC2)nnc1-c1ccccc1. The van der Waals surface area contributed by atoms with E-state index in [-0.39, 0.29) is 11.2 Å². The van der Waals surface area contributed by atoms with Crippen molar-refractivity contribution in [2.75, 3.05) is 32.7 Å². The van der Waals surface area contributed by atoms with E-state index in [0.717, 1.165) is 49.3 Å². The van der Waals surface area contributed by atoms with Crippen LogP contribution in [-0.4, -0.2) is 68.4 Å². The van der Waals surface area contributed by atoms with Crippen molar-refractivity contribution in [2.24, 2.45) is 0 Å². The number of nitrogens with zero attached hydrogens (tertiary/aromatic N) is 5. The minimum absolute atomic E-state index is 0.171. The molecule has 0 bridgehead atoms. The second-order valence-corrected chi connectivity index (χ2v) is 7.90. The van der Waals surface area contributed by atoms with E-state index in [4.69, 9.17) is 0 Å². The van der Waals surface area contributed by atoms with Gasteiger partial charge in [0.15, 0.2) is 11.0 Å². The zero-order valence-corrected chi connectivity index (χ0v) is 16.9. The number of allylic oxidation sites excluding steroid dienone is 1. The lowest BCUT2D eigenvalue weighted by molar-refractivity contribution is -0.132. The van der Waals surface area contributed by atoms with Crippen molar-refractivity contribution in [3.63, 3.8) is 0 Å². The number of benzene rings is 1. The van der Waals surface area contributed by atoms with Crippen LogP contribution >= 0.6 is 11.8 Å². The van der Waals surface area contributed by atoms with E-state index >= 15 is 0 Å². The summed E-state index contributed by atoms with van der Waals surface area (Å²) >= 11 is 1.47.